The van der Waals surface area contributed by atoms with Crippen molar-refractivity contribution in [2.75, 3.05) is 4.90 Å². The highest BCUT2D eigenvalue weighted by Crippen LogP contribution is 2.34. The second kappa shape index (κ2) is 7.19. The number of aryl methyl sites for hydroxylation is 2. The van der Waals surface area contributed by atoms with Crippen LogP contribution >= 0.6 is 0 Å². The molecule has 5 aromatic rings. The zero-order valence-electron chi connectivity index (χ0n) is 18.2. The monoisotopic (exact) mass is 443 g/mol. The normalized spacial score (nSPS) is 13.2. The lowest BCUT2D eigenvalue weighted by atomic mass is 9.96. The van der Waals surface area contributed by atoms with Gasteiger partial charge in [-0.3, -0.25) is 9.78 Å². The first-order valence-electron chi connectivity index (χ1n) is 10.8. The van der Waals surface area contributed by atoms with E-state index in [9.17, 15) is 9.50 Å². The average Bonchev–Trinajstić information content (AvgIpc) is 3.57. The van der Waals surface area contributed by atoms with E-state index in [1.807, 2.05) is 44.4 Å². The van der Waals surface area contributed by atoms with Gasteiger partial charge >= 0.3 is 0 Å². The number of phenolic OH excluding ortho intramolecular Hbond substituents is 1. The topological polar surface area (TPSA) is 98.7 Å². The van der Waals surface area contributed by atoms with Crippen LogP contribution in [0.2, 0.25) is 0 Å². The number of nitrogens with zero attached hydrogens (tertiary/aromatic N) is 5. The van der Waals surface area contributed by atoms with Crippen molar-refractivity contribution >= 4 is 16.7 Å². The van der Waals surface area contributed by atoms with Crippen molar-refractivity contribution in [1.82, 2.24) is 29.9 Å². The number of rotatable bonds is 4. The van der Waals surface area contributed by atoms with Crippen molar-refractivity contribution in [3.8, 4) is 28.4 Å². The summed E-state index contributed by atoms with van der Waals surface area (Å²) >= 11 is 0. The van der Waals surface area contributed by atoms with E-state index in [1.165, 1.54) is 12.1 Å². The number of halogens is 1. The van der Waals surface area contributed by atoms with E-state index in [1.54, 1.807) is 4.68 Å². The van der Waals surface area contributed by atoms with Crippen LogP contribution < -0.4 is 4.90 Å². The fraction of sp³-hybridized carbons (Fsp3) is 0.208. The van der Waals surface area contributed by atoms with Gasteiger partial charge in [-0.05, 0) is 47.4 Å². The van der Waals surface area contributed by atoms with E-state index >= 15 is 0 Å². The molecule has 0 aliphatic carbocycles. The van der Waals surface area contributed by atoms with Crippen LogP contribution in [0.1, 0.15) is 23.9 Å². The third kappa shape index (κ3) is 3.15. The standard InChI is InChI=1S/C24H22FN7O/c1-3-13-9-21(33)17(25)10-16(13)14-4-5-15-18(8-14)28-29-23(15)24-26-19-11-32(12-20(19)27-24)22-6-7-31(2)30-22/h4-10,33H,3,11-12H2,1-2H3,(H,26,27)(H,28,29). The summed E-state index contributed by atoms with van der Waals surface area (Å²) < 4.78 is 15.8. The highest BCUT2D eigenvalue weighted by atomic mass is 19.1. The molecule has 8 nitrogen and oxygen atoms in total. The Morgan fingerprint density at radius 2 is 2.03 bits per heavy atom. The Kier molecular flexibility index (Phi) is 4.26. The Bertz CT molecular complexity index is 1490. The van der Waals surface area contributed by atoms with E-state index in [0.29, 0.717) is 13.0 Å². The lowest BCUT2D eigenvalue weighted by Crippen LogP contribution is -2.16. The zero-order chi connectivity index (χ0) is 22.7. The first-order chi connectivity index (χ1) is 16.0. The number of anilines is 1. The van der Waals surface area contributed by atoms with Gasteiger partial charge in [-0.15, -0.1) is 0 Å². The Balaban J connectivity index is 1.32. The lowest BCUT2D eigenvalue weighted by Gasteiger charge is -2.13. The zero-order valence-corrected chi connectivity index (χ0v) is 18.2. The molecule has 33 heavy (non-hydrogen) atoms. The molecule has 0 fully saturated rings. The first kappa shape index (κ1) is 19.5. The van der Waals surface area contributed by atoms with Crippen molar-refractivity contribution in [1.29, 1.82) is 0 Å². The maximum Gasteiger partial charge on any atom is 0.165 e. The van der Waals surface area contributed by atoms with Gasteiger partial charge < -0.3 is 15.0 Å². The van der Waals surface area contributed by atoms with E-state index in [-0.39, 0.29) is 5.75 Å². The number of imidazole rings is 1. The van der Waals surface area contributed by atoms with Crippen molar-refractivity contribution in [2.24, 2.45) is 7.05 Å². The average molecular weight is 443 g/mol. The van der Waals surface area contributed by atoms with Crippen molar-refractivity contribution in [3.05, 3.63) is 65.4 Å². The van der Waals surface area contributed by atoms with Crippen LogP contribution in [0, 0.1) is 5.82 Å². The molecule has 0 saturated carbocycles. The molecule has 1 aliphatic rings. The summed E-state index contributed by atoms with van der Waals surface area (Å²) in [6, 6.07) is 10.8. The highest BCUT2D eigenvalue weighted by Gasteiger charge is 2.26. The number of aromatic amines is 2. The Morgan fingerprint density at radius 3 is 2.79 bits per heavy atom. The number of aromatic nitrogens is 6. The minimum atomic E-state index is -0.627. The molecule has 0 saturated heterocycles. The Morgan fingerprint density at radius 1 is 1.15 bits per heavy atom. The maximum absolute atomic E-state index is 14.0. The molecule has 0 spiro atoms. The van der Waals surface area contributed by atoms with Gasteiger partial charge in [0.2, 0.25) is 0 Å². The van der Waals surface area contributed by atoms with Gasteiger partial charge in [0.1, 0.15) is 5.69 Å². The van der Waals surface area contributed by atoms with Gasteiger partial charge in [-0.25, -0.2) is 9.37 Å². The number of nitrogens with one attached hydrogen (secondary N) is 2. The van der Waals surface area contributed by atoms with Gasteiger partial charge in [-0.2, -0.15) is 10.2 Å². The van der Waals surface area contributed by atoms with Crippen molar-refractivity contribution < 1.29 is 9.50 Å². The molecule has 6 rings (SSSR count). The van der Waals surface area contributed by atoms with E-state index in [4.69, 9.17) is 4.98 Å². The van der Waals surface area contributed by atoms with Crippen LogP contribution in [0.25, 0.3) is 33.5 Å². The molecule has 3 aromatic heterocycles. The van der Waals surface area contributed by atoms with Gasteiger partial charge in [0.15, 0.2) is 23.2 Å². The Hall–Kier alpha value is -4.14. The fourth-order valence-corrected chi connectivity index (χ4v) is 4.51. The molecule has 0 bridgehead atoms. The molecule has 3 N–H and O–H groups in total. The predicted molar refractivity (Wildman–Crippen MR) is 123 cm³/mol. The Labute approximate surface area is 188 Å². The van der Waals surface area contributed by atoms with Crippen molar-refractivity contribution in [2.45, 2.75) is 26.4 Å². The molecule has 2 aromatic carbocycles. The molecular weight excluding hydrogens is 421 g/mol. The molecule has 9 heteroatoms. The summed E-state index contributed by atoms with van der Waals surface area (Å²) in [5, 5.41) is 22.7. The van der Waals surface area contributed by atoms with Crippen LogP contribution in [0.5, 0.6) is 5.75 Å². The summed E-state index contributed by atoms with van der Waals surface area (Å²) in [7, 11) is 1.91. The highest BCUT2D eigenvalue weighted by molar-refractivity contribution is 5.94. The van der Waals surface area contributed by atoms with Crippen LogP contribution in [0.15, 0.2) is 42.6 Å². The van der Waals surface area contributed by atoms with Crippen molar-refractivity contribution in [3.63, 3.8) is 0 Å². The molecule has 1 aliphatic heterocycles. The summed E-state index contributed by atoms with van der Waals surface area (Å²) in [4.78, 5) is 10.4. The largest absolute Gasteiger partial charge is 0.505 e. The molecule has 166 valence electrons. The number of fused-ring (bicyclic) bond motifs is 2. The number of hydrogen-bond acceptors (Lipinski definition) is 5. The molecular formula is C24H22FN7O. The molecule has 0 amide bonds. The summed E-state index contributed by atoms with van der Waals surface area (Å²) in [5.74, 6) is 0.704. The fourth-order valence-electron chi connectivity index (χ4n) is 4.51. The van der Waals surface area contributed by atoms with E-state index in [2.05, 4.69) is 25.2 Å². The van der Waals surface area contributed by atoms with Gasteiger partial charge in [0.05, 0.1) is 30.0 Å². The molecule has 4 heterocycles. The maximum atomic E-state index is 14.0. The minimum absolute atomic E-state index is 0.326. The van der Waals surface area contributed by atoms with E-state index in [0.717, 1.165) is 62.9 Å². The van der Waals surface area contributed by atoms with Gasteiger partial charge in [0, 0.05) is 24.7 Å². The van der Waals surface area contributed by atoms with Crippen LogP contribution in [-0.4, -0.2) is 35.1 Å². The number of hydrogen-bond donors (Lipinski definition) is 3. The third-order valence-corrected chi connectivity index (χ3v) is 6.23. The summed E-state index contributed by atoms with van der Waals surface area (Å²) in [6.45, 7) is 3.40. The van der Waals surface area contributed by atoms with Crippen LogP contribution in [0.4, 0.5) is 10.2 Å². The van der Waals surface area contributed by atoms with E-state index < -0.39 is 5.82 Å². The van der Waals surface area contributed by atoms with Crippen LogP contribution in [-0.2, 0) is 26.6 Å². The second-order valence-corrected chi connectivity index (χ2v) is 8.36. The smallest absolute Gasteiger partial charge is 0.165 e. The first-order valence-corrected chi connectivity index (χ1v) is 10.8. The number of benzene rings is 2. The minimum Gasteiger partial charge on any atom is -0.505 e. The number of aromatic hydroxyl groups is 1. The predicted octanol–water partition coefficient (Wildman–Crippen LogP) is 4.28. The lowest BCUT2D eigenvalue weighted by molar-refractivity contribution is 0.432. The summed E-state index contributed by atoms with van der Waals surface area (Å²) in [5.41, 5.74) is 6.16. The third-order valence-electron chi connectivity index (χ3n) is 6.23. The molecule has 0 unspecified atom stereocenters. The quantitative estimate of drug-likeness (QED) is 0.385. The molecule has 0 atom stereocenters. The summed E-state index contributed by atoms with van der Waals surface area (Å²) in [6.07, 6.45) is 2.62. The van der Waals surface area contributed by atoms with Gasteiger partial charge in [-0.1, -0.05) is 13.0 Å². The van der Waals surface area contributed by atoms with Crippen LogP contribution in [0.3, 0.4) is 0 Å². The number of H-pyrrole nitrogens is 2. The SMILES string of the molecule is CCc1cc(O)c(F)cc1-c1ccc2c(-c3nc4c([nH]3)CN(c3ccn(C)n3)C4)n[nH]c2c1. The van der Waals surface area contributed by atoms with Gasteiger partial charge in [0.25, 0.3) is 0 Å². The molecule has 0 radical (unpaired) electrons. The second-order valence-electron chi connectivity index (χ2n) is 8.36. The number of phenols is 1.